The van der Waals surface area contributed by atoms with Crippen LogP contribution in [-0.2, 0) is 10.0 Å². The third-order valence-electron chi connectivity index (χ3n) is 5.25. The molecule has 5 rings (SSSR count). The second-order valence-electron chi connectivity index (χ2n) is 7.51. The zero-order valence-electron chi connectivity index (χ0n) is 16.9. The van der Waals surface area contributed by atoms with E-state index >= 15 is 0 Å². The van der Waals surface area contributed by atoms with E-state index in [1.54, 1.807) is 42.4 Å². The van der Waals surface area contributed by atoms with Crippen LogP contribution in [0.4, 0.5) is 28.8 Å². The monoisotopic (exact) mass is 456 g/mol. The van der Waals surface area contributed by atoms with Crippen LogP contribution in [-0.4, -0.2) is 44.4 Å². The molecule has 2 aromatic heterocycles. The average molecular weight is 457 g/mol. The molecule has 2 aliphatic rings. The molecule has 1 aliphatic carbocycles. The highest BCUT2D eigenvalue weighted by atomic mass is 32.2. The van der Waals surface area contributed by atoms with Crippen LogP contribution < -0.4 is 19.8 Å². The van der Waals surface area contributed by atoms with E-state index in [4.69, 9.17) is 0 Å². The maximum absolute atomic E-state index is 12.7. The molecule has 3 aromatic rings. The second-order valence-corrected chi connectivity index (χ2v) is 10.1. The van der Waals surface area contributed by atoms with Crippen LogP contribution in [0, 0.1) is 0 Å². The van der Waals surface area contributed by atoms with Gasteiger partial charge in [0.2, 0.25) is 16.0 Å². The average Bonchev–Trinajstić information content (AvgIpc) is 3.43. The smallest absolute Gasteiger partial charge is 0.270 e. The Hall–Kier alpha value is -3.02. The molecular formula is C20H20N6O3S2. The number of nitrogens with zero attached hydrogens (tertiary/aromatic N) is 4. The number of rotatable bonds is 5. The van der Waals surface area contributed by atoms with Crippen LogP contribution in [0.25, 0.3) is 0 Å². The Kier molecular flexibility index (Phi) is 4.68. The summed E-state index contributed by atoms with van der Waals surface area (Å²) in [4.78, 5) is 26.0. The minimum atomic E-state index is -3.50. The van der Waals surface area contributed by atoms with Gasteiger partial charge in [-0.05, 0) is 48.6 Å². The number of nitrogens with one attached hydrogen (secondary N) is 2. The molecular weight excluding hydrogens is 436 g/mol. The number of fused-ring (bicyclic) bond motifs is 2. The Balaban J connectivity index is 1.42. The minimum Gasteiger partial charge on any atom is -0.326 e. The molecule has 1 aliphatic heterocycles. The van der Waals surface area contributed by atoms with Gasteiger partial charge in [-0.15, -0.1) is 11.3 Å². The fourth-order valence-corrected chi connectivity index (χ4v) is 5.55. The Bertz CT molecular complexity index is 1270. The molecule has 3 heterocycles. The van der Waals surface area contributed by atoms with Crippen LogP contribution in [0.15, 0.2) is 46.8 Å². The first-order chi connectivity index (χ1) is 14.8. The first-order valence-corrected chi connectivity index (χ1v) is 12.1. The van der Waals surface area contributed by atoms with Crippen molar-refractivity contribution in [1.82, 2.24) is 14.7 Å². The largest absolute Gasteiger partial charge is 0.326 e. The number of anilines is 5. The molecule has 9 nitrogen and oxygen atoms in total. The number of hydrogen-bond acceptors (Lipinski definition) is 8. The molecule has 1 amide bonds. The third-order valence-corrected chi connectivity index (χ3v) is 7.68. The van der Waals surface area contributed by atoms with Gasteiger partial charge in [0.15, 0.2) is 5.82 Å². The Morgan fingerprint density at radius 1 is 1.06 bits per heavy atom. The molecule has 0 spiro atoms. The Labute approximate surface area is 183 Å². The lowest BCUT2D eigenvalue weighted by molar-refractivity contribution is 0.0998. The summed E-state index contributed by atoms with van der Waals surface area (Å²) < 4.78 is 27.3. The first kappa shape index (κ1) is 19.9. The molecule has 0 saturated heterocycles. The van der Waals surface area contributed by atoms with Gasteiger partial charge in [-0.1, -0.05) is 0 Å². The quantitative estimate of drug-likeness (QED) is 0.607. The van der Waals surface area contributed by atoms with E-state index in [9.17, 15) is 13.2 Å². The summed E-state index contributed by atoms with van der Waals surface area (Å²) in [7, 11) is 0.0683. The normalized spacial score (nSPS) is 16.0. The molecule has 2 N–H and O–H groups in total. The summed E-state index contributed by atoms with van der Waals surface area (Å²) in [6, 6.07) is 8.39. The van der Waals surface area contributed by atoms with Crippen LogP contribution in [0.5, 0.6) is 0 Å². The van der Waals surface area contributed by atoms with Gasteiger partial charge < -0.3 is 15.1 Å². The van der Waals surface area contributed by atoms with Crippen LogP contribution >= 0.6 is 11.3 Å². The van der Waals surface area contributed by atoms with Crippen molar-refractivity contribution in [3.8, 4) is 0 Å². The molecule has 0 unspecified atom stereocenters. The van der Waals surface area contributed by atoms with Crippen LogP contribution in [0.1, 0.15) is 22.5 Å². The van der Waals surface area contributed by atoms with Crippen LogP contribution in [0.3, 0.4) is 0 Å². The maximum Gasteiger partial charge on any atom is 0.270 e. The predicted octanol–water partition coefficient (Wildman–Crippen LogP) is 3.08. The maximum atomic E-state index is 12.7. The van der Waals surface area contributed by atoms with Gasteiger partial charge in [-0.2, -0.15) is 4.98 Å². The summed E-state index contributed by atoms with van der Waals surface area (Å²) >= 11 is 1.39. The predicted molar refractivity (Wildman–Crippen MR) is 120 cm³/mol. The van der Waals surface area contributed by atoms with Crippen molar-refractivity contribution in [3.63, 3.8) is 0 Å². The zero-order valence-corrected chi connectivity index (χ0v) is 18.5. The van der Waals surface area contributed by atoms with Gasteiger partial charge in [0.1, 0.15) is 10.6 Å². The number of carbonyl (C=O) groups is 1. The molecule has 31 heavy (non-hydrogen) atoms. The standard InChI is InChI=1S/C20H20N6O3S2/c1-25-15-9-10-30-17(15)19(27)26(2)16-11-21-20(23-18(16)25)22-12-5-7-14(8-6-12)31(28,29)24-13-3-4-13/h5-11,13,24H,3-4H2,1-2H3,(H,21,22,23). The summed E-state index contributed by atoms with van der Waals surface area (Å²) in [6.45, 7) is 0. The van der Waals surface area contributed by atoms with Gasteiger partial charge in [-0.3, -0.25) is 4.79 Å². The fraction of sp³-hybridized carbons (Fsp3) is 0.250. The van der Waals surface area contributed by atoms with Gasteiger partial charge >= 0.3 is 0 Å². The van der Waals surface area contributed by atoms with Gasteiger partial charge in [0.25, 0.3) is 5.91 Å². The van der Waals surface area contributed by atoms with E-state index in [1.165, 1.54) is 11.3 Å². The number of hydrogen-bond donors (Lipinski definition) is 2. The number of amides is 1. The van der Waals surface area contributed by atoms with Gasteiger partial charge in [0, 0.05) is 25.8 Å². The zero-order chi connectivity index (χ0) is 21.8. The van der Waals surface area contributed by atoms with Gasteiger partial charge in [-0.25, -0.2) is 18.1 Å². The molecule has 1 fully saturated rings. The number of benzene rings is 1. The summed E-state index contributed by atoms with van der Waals surface area (Å²) in [5, 5.41) is 4.99. The van der Waals surface area contributed by atoms with Gasteiger partial charge in [0.05, 0.1) is 16.8 Å². The lowest BCUT2D eigenvalue weighted by atomic mass is 10.3. The minimum absolute atomic E-state index is 0.0570. The van der Waals surface area contributed by atoms with E-state index in [1.807, 2.05) is 23.4 Å². The summed E-state index contributed by atoms with van der Waals surface area (Å²) in [5.74, 6) is 0.840. The molecule has 1 saturated carbocycles. The molecule has 0 radical (unpaired) electrons. The topological polar surface area (TPSA) is 108 Å². The summed E-state index contributed by atoms with van der Waals surface area (Å²) in [6.07, 6.45) is 3.38. The van der Waals surface area contributed by atoms with E-state index < -0.39 is 10.0 Å². The lowest BCUT2D eigenvalue weighted by Gasteiger charge is -2.20. The van der Waals surface area contributed by atoms with Crippen LogP contribution in [0.2, 0.25) is 0 Å². The van der Waals surface area contributed by atoms with Crippen molar-refractivity contribution >= 4 is 56.1 Å². The molecule has 11 heteroatoms. The summed E-state index contributed by atoms with van der Waals surface area (Å²) in [5.41, 5.74) is 2.05. The molecule has 0 atom stereocenters. The highest BCUT2D eigenvalue weighted by Crippen LogP contribution is 2.40. The van der Waals surface area contributed by atoms with E-state index in [-0.39, 0.29) is 16.8 Å². The lowest BCUT2D eigenvalue weighted by Crippen LogP contribution is -2.25. The molecule has 160 valence electrons. The third kappa shape index (κ3) is 3.64. The fourth-order valence-electron chi connectivity index (χ4n) is 3.35. The van der Waals surface area contributed by atoms with Crippen molar-refractivity contribution in [1.29, 1.82) is 0 Å². The van der Waals surface area contributed by atoms with Crippen molar-refractivity contribution in [2.24, 2.45) is 0 Å². The SMILES string of the molecule is CN1C(=O)c2sccc2N(C)c2nc(Nc3ccc(S(=O)(=O)NC4CC4)cc3)ncc21. The number of sulfonamides is 1. The highest BCUT2D eigenvalue weighted by Gasteiger charge is 2.30. The Morgan fingerprint density at radius 3 is 2.52 bits per heavy atom. The van der Waals surface area contributed by atoms with Crippen molar-refractivity contribution in [2.75, 3.05) is 29.2 Å². The number of carbonyl (C=O) groups excluding carboxylic acids is 1. The second kappa shape index (κ2) is 7.29. The number of aromatic nitrogens is 2. The number of thiophene rings is 1. The molecule has 1 aromatic carbocycles. The Morgan fingerprint density at radius 2 is 1.81 bits per heavy atom. The first-order valence-electron chi connectivity index (χ1n) is 9.69. The highest BCUT2D eigenvalue weighted by molar-refractivity contribution is 7.89. The van der Waals surface area contributed by atoms with E-state index in [2.05, 4.69) is 20.0 Å². The van der Waals surface area contributed by atoms with E-state index in [0.29, 0.717) is 28.0 Å². The van der Waals surface area contributed by atoms with Crippen molar-refractivity contribution < 1.29 is 13.2 Å². The van der Waals surface area contributed by atoms with Crippen molar-refractivity contribution in [3.05, 3.63) is 46.8 Å². The molecule has 0 bridgehead atoms. The van der Waals surface area contributed by atoms with Crippen molar-refractivity contribution in [2.45, 2.75) is 23.8 Å². The van der Waals surface area contributed by atoms with E-state index in [0.717, 1.165) is 18.5 Å².